The van der Waals surface area contributed by atoms with Crippen molar-refractivity contribution in [2.45, 2.75) is 0 Å². The Balaban J connectivity index is 1.64. The Labute approximate surface area is 186 Å². The average Bonchev–Trinajstić information content (AvgIpc) is 3.16. The summed E-state index contributed by atoms with van der Waals surface area (Å²) in [7, 11) is 1.51. The van der Waals surface area contributed by atoms with Crippen molar-refractivity contribution in [2.75, 3.05) is 16.7 Å². The van der Waals surface area contributed by atoms with Gasteiger partial charge in [-0.05, 0) is 36.4 Å². The summed E-state index contributed by atoms with van der Waals surface area (Å²) in [5.41, 5.74) is 3.02. The maximum Gasteiger partial charge on any atom is 0.336 e. The molecule has 2 aromatic carbocycles. The van der Waals surface area contributed by atoms with Crippen molar-refractivity contribution < 1.29 is 9.53 Å². The quantitative estimate of drug-likeness (QED) is 0.362. The number of ether oxygens (including phenoxy) is 1. The lowest BCUT2D eigenvalue weighted by Gasteiger charge is -2.18. The zero-order valence-corrected chi connectivity index (χ0v) is 17.8. The van der Waals surface area contributed by atoms with Crippen molar-refractivity contribution in [3.63, 3.8) is 0 Å². The number of halogens is 2. The molecule has 4 rings (SSSR count). The summed E-state index contributed by atoms with van der Waals surface area (Å²) in [6.07, 6.45) is 3.16. The standard InChI is InChI=1S/C19H14Cl2N6O2S/c1-29-17-3-2-10(18-24-15-8-22-23-9-16(15)25-18)4-14(17)26-19(28)27(30)13-6-11(20)5-12(21)7-13/h2-9,30H,1H3,(H,24,25)(H,26,28). The summed E-state index contributed by atoms with van der Waals surface area (Å²) >= 11 is 16.3. The number of rotatable bonds is 4. The molecule has 11 heteroatoms. The summed E-state index contributed by atoms with van der Waals surface area (Å²) in [5, 5.41) is 11.2. The van der Waals surface area contributed by atoms with E-state index in [0.29, 0.717) is 38.5 Å². The van der Waals surface area contributed by atoms with Crippen molar-refractivity contribution in [2.24, 2.45) is 0 Å². The Morgan fingerprint density at radius 3 is 2.57 bits per heavy atom. The molecule has 0 fully saturated rings. The first kappa shape index (κ1) is 20.3. The van der Waals surface area contributed by atoms with Crippen molar-refractivity contribution in [3.05, 3.63) is 58.8 Å². The molecule has 0 aliphatic rings. The number of urea groups is 1. The number of carbonyl (C=O) groups is 1. The smallest absolute Gasteiger partial charge is 0.336 e. The van der Waals surface area contributed by atoms with E-state index < -0.39 is 6.03 Å². The number of aromatic nitrogens is 4. The molecule has 2 N–H and O–H groups in total. The second-order valence-corrected chi connectivity index (χ2v) is 7.43. The van der Waals surface area contributed by atoms with E-state index in [2.05, 4.69) is 38.3 Å². The van der Waals surface area contributed by atoms with Gasteiger partial charge in [0.25, 0.3) is 0 Å². The first-order chi connectivity index (χ1) is 14.4. The third kappa shape index (κ3) is 4.13. The number of aromatic amines is 1. The van der Waals surface area contributed by atoms with E-state index in [9.17, 15) is 4.79 Å². The normalized spacial score (nSPS) is 10.8. The summed E-state index contributed by atoms with van der Waals surface area (Å²) in [6, 6.07) is 9.48. The van der Waals surface area contributed by atoms with Crippen LogP contribution < -0.4 is 14.4 Å². The van der Waals surface area contributed by atoms with Crippen LogP contribution in [0.1, 0.15) is 0 Å². The van der Waals surface area contributed by atoms with Crippen LogP contribution in [0.25, 0.3) is 22.4 Å². The van der Waals surface area contributed by atoms with E-state index in [-0.39, 0.29) is 0 Å². The molecule has 0 spiro atoms. The Morgan fingerprint density at radius 1 is 1.13 bits per heavy atom. The Bertz CT molecular complexity index is 1200. The molecule has 0 bridgehead atoms. The van der Waals surface area contributed by atoms with Crippen molar-refractivity contribution >= 4 is 64.5 Å². The third-order valence-corrected chi connectivity index (χ3v) is 5.04. The molecular formula is C19H14Cl2N6O2S. The second-order valence-electron chi connectivity index (χ2n) is 6.16. The molecule has 30 heavy (non-hydrogen) atoms. The molecule has 2 heterocycles. The highest BCUT2D eigenvalue weighted by Crippen LogP contribution is 2.32. The third-order valence-electron chi connectivity index (χ3n) is 4.19. The van der Waals surface area contributed by atoms with Crippen molar-refractivity contribution in [1.82, 2.24) is 20.2 Å². The number of hydrogen-bond donors (Lipinski definition) is 3. The van der Waals surface area contributed by atoms with Gasteiger partial charge in [0, 0.05) is 15.6 Å². The minimum atomic E-state index is -0.523. The fourth-order valence-corrected chi connectivity index (χ4v) is 3.49. The fraction of sp³-hybridized carbons (Fsp3) is 0.0526. The number of H-pyrrole nitrogens is 1. The lowest BCUT2D eigenvalue weighted by atomic mass is 10.1. The van der Waals surface area contributed by atoms with Crippen LogP contribution in [-0.2, 0) is 0 Å². The Morgan fingerprint density at radius 2 is 1.87 bits per heavy atom. The highest BCUT2D eigenvalue weighted by molar-refractivity contribution is 7.82. The SMILES string of the molecule is COc1ccc(-c2nc3cnncc3[nH]2)cc1NC(=O)N(S)c1cc(Cl)cc(Cl)c1. The number of carbonyl (C=O) groups excluding carboxylic acids is 1. The Kier molecular flexibility index (Phi) is 5.67. The van der Waals surface area contributed by atoms with E-state index in [1.54, 1.807) is 42.7 Å². The van der Waals surface area contributed by atoms with Crippen LogP contribution in [0.5, 0.6) is 5.75 Å². The molecule has 2 amide bonds. The molecule has 2 aromatic heterocycles. The molecule has 0 aliphatic carbocycles. The number of fused-ring (bicyclic) bond motifs is 1. The maximum atomic E-state index is 12.7. The number of amides is 2. The summed E-state index contributed by atoms with van der Waals surface area (Å²) < 4.78 is 6.47. The first-order valence-corrected chi connectivity index (χ1v) is 9.71. The zero-order valence-electron chi connectivity index (χ0n) is 15.4. The van der Waals surface area contributed by atoms with Crippen molar-refractivity contribution in [1.29, 1.82) is 0 Å². The lowest BCUT2D eigenvalue weighted by Crippen LogP contribution is -2.27. The fourth-order valence-electron chi connectivity index (χ4n) is 2.81. The molecule has 8 nitrogen and oxygen atoms in total. The predicted molar refractivity (Wildman–Crippen MR) is 121 cm³/mol. The summed E-state index contributed by atoms with van der Waals surface area (Å²) in [6.45, 7) is 0. The number of anilines is 2. The van der Waals surface area contributed by atoms with Gasteiger partial charge >= 0.3 is 6.03 Å². The highest BCUT2D eigenvalue weighted by atomic mass is 35.5. The monoisotopic (exact) mass is 460 g/mol. The minimum absolute atomic E-state index is 0.387. The molecule has 0 radical (unpaired) electrons. The molecule has 0 atom stereocenters. The van der Waals surface area contributed by atoms with Gasteiger partial charge in [0.2, 0.25) is 0 Å². The number of hydrogen-bond acceptors (Lipinski definition) is 6. The molecule has 0 unspecified atom stereocenters. The molecule has 0 saturated carbocycles. The van der Waals surface area contributed by atoms with Gasteiger partial charge in [-0.15, -0.1) is 0 Å². The first-order valence-electron chi connectivity index (χ1n) is 8.55. The van der Waals surface area contributed by atoms with E-state index in [1.807, 2.05) is 6.07 Å². The van der Waals surface area contributed by atoms with Crippen molar-refractivity contribution in [3.8, 4) is 17.1 Å². The molecule has 0 aliphatic heterocycles. The maximum absolute atomic E-state index is 12.7. The van der Waals surface area contributed by atoms with Gasteiger partial charge in [-0.1, -0.05) is 36.0 Å². The highest BCUT2D eigenvalue weighted by Gasteiger charge is 2.17. The van der Waals surface area contributed by atoms with Crippen LogP contribution in [0.15, 0.2) is 48.8 Å². The van der Waals surface area contributed by atoms with E-state index in [1.165, 1.54) is 7.11 Å². The Hall–Kier alpha value is -3.01. The summed E-state index contributed by atoms with van der Waals surface area (Å²) in [4.78, 5) is 20.4. The van der Waals surface area contributed by atoms with E-state index >= 15 is 0 Å². The minimum Gasteiger partial charge on any atom is -0.495 e. The molecule has 152 valence electrons. The molecule has 4 aromatic rings. The van der Waals surface area contributed by atoms with E-state index in [4.69, 9.17) is 27.9 Å². The number of benzene rings is 2. The van der Waals surface area contributed by atoms with Gasteiger partial charge in [0.15, 0.2) is 0 Å². The van der Waals surface area contributed by atoms with Crippen LogP contribution >= 0.6 is 36.0 Å². The number of imidazole rings is 1. The average molecular weight is 461 g/mol. The van der Waals surface area contributed by atoms with Crippen LogP contribution in [0, 0.1) is 0 Å². The van der Waals surface area contributed by atoms with Gasteiger partial charge in [-0.2, -0.15) is 10.2 Å². The number of thiol groups is 1. The molecular weight excluding hydrogens is 447 g/mol. The predicted octanol–water partition coefficient (Wildman–Crippen LogP) is 5.22. The van der Waals surface area contributed by atoms with Crippen LogP contribution in [0.2, 0.25) is 10.0 Å². The van der Waals surface area contributed by atoms with E-state index in [0.717, 1.165) is 15.4 Å². The number of nitrogens with zero attached hydrogens (tertiary/aromatic N) is 4. The van der Waals surface area contributed by atoms with Gasteiger partial charge in [0.1, 0.15) is 17.1 Å². The van der Waals surface area contributed by atoms with Crippen LogP contribution in [-0.4, -0.2) is 33.3 Å². The number of methoxy groups -OCH3 is 1. The number of nitrogens with one attached hydrogen (secondary N) is 2. The summed E-state index contributed by atoms with van der Waals surface area (Å²) in [5.74, 6) is 1.07. The zero-order chi connectivity index (χ0) is 21.3. The van der Waals surface area contributed by atoms with Gasteiger partial charge < -0.3 is 15.0 Å². The largest absolute Gasteiger partial charge is 0.495 e. The van der Waals surface area contributed by atoms with Gasteiger partial charge in [-0.25, -0.2) is 14.1 Å². The second kappa shape index (κ2) is 8.39. The van der Waals surface area contributed by atoms with Crippen LogP contribution in [0.3, 0.4) is 0 Å². The van der Waals surface area contributed by atoms with Gasteiger partial charge in [0.05, 0.1) is 36.4 Å². The molecule has 0 saturated heterocycles. The van der Waals surface area contributed by atoms with Gasteiger partial charge in [-0.3, -0.25) is 0 Å². The topological polar surface area (TPSA) is 96.0 Å². The lowest BCUT2D eigenvalue weighted by molar-refractivity contribution is 0.260. The van der Waals surface area contributed by atoms with Crippen LogP contribution in [0.4, 0.5) is 16.2 Å².